The maximum Gasteiger partial charge on any atom is 0.254 e. The number of aryl methyl sites for hydroxylation is 1. The third kappa shape index (κ3) is 2.61. The van der Waals surface area contributed by atoms with Crippen molar-refractivity contribution in [3.63, 3.8) is 0 Å². The van der Waals surface area contributed by atoms with E-state index in [2.05, 4.69) is 15.3 Å². The van der Waals surface area contributed by atoms with Gasteiger partial charge in [0.2, 0.25) is 5.91 Å². The van der Waals surface area contributed by atoms with Crippen molar-refractivity contribution in [3.8, 4) is 0 Å². The summed E-state index contributed by atoms with van der Waals surface area (Å²) in [5.74, 6) is 0.263. The minimum atomic E-state index is -0.251. The van der Waals surface area contributed by atoms with Gasteiger partial charge in [0.15, 0.2) is 10.3 Å². The van der Waals surface area contributed by atoms with Crippen LogP contribution >= 0.6 is 23.1 Å². The fourth-order valence-corrected chi connectivity index (χ4v) is 3.66. The summed E-state index contributed by atoms with van der Waals surface area (Å²) in [7, 11) is 0. The second-order valence-electron chi connectivity index (χ2n) is 4.45. The molecule has 1 aliphatic rings. The van der Waals surface area contributed by atoms with E-state index in [4.69, 9.17) is 0 Å². The van der Waals surface area contributed by atoms with E-state index in [0.29, 0.717) is 22.6 Å². The van der Waals surface area contributed by atoms with Gasteiger partial charge in [-0.2, -0.15) is 0 Å². The zero-order valence-electron chi connectivity index (χ0n) is 10.7. The molecule has 0 spiro atoms. The standard InChI is InChI=1S/C12H12N4O2S2/c1-7-4-14-11(20-7)15-10(18)8-5-16-9(17)2-3-13-12(16)19-6-8/h2-4,8H,5-6H2,1H3,(H,14,15,18). The van der Waals surface area contributed by atoms with Crippen molar-refractivity contribution in [3.05, 3.63) is 33.7 Å². The van der Waals surface area contributed by atoms with E-state index >= 15 is 0 Å². The number of nitrogens with zero attached hydrogens (tertiary/aromatic N) is 3. The Bertz CT molecular complexity index is 709. The molecule has 0 saturated heterocycles. The number of carbonyl (C=O) groups is 1. The van der Waals surface area contributed by atoms with Crippen LogP contribution in [-0.2, 0) is 11.3 Å². The Balaban J connectivity index is 1.75. The van der Waals surface area contributed by atoms with Crippen LogP contribution in [0.15, 0.2) is 28.4 Å². The second-order valence-corrected chi connectivity index (χ2v) is 6.67. The molecule has 104 valence electrons. The number of anilines is 1. The van der Waals surface area contributed by atoms with E-state index in [1.165, 1.54) is 35.4 Å². The fraction of sp³-hybridized carbons (Fsp3) is 0.333. The van der Waals surface area contributed by atoms with Crippen molar-refractivity contribution < 1.29 is 4.79 Å². The lowest BCUT2D eigenvalue weighted by Gasteiger charge is -2.23. The van der Waals surface area contributed by atoms with E-state index in [1.807, 2.05) is 6.92 Å². The minimum Gasteiger partial charge on any atom is -0.302 e. The van der Waals surface area contributed by atoms with Crippen LogP contribution in [0, 0.1) is 12.8 Å². The minimum absolute atomic E-state index is 0.103. The van der Waals surface area contributed by atoms with Gasteiger partial charge < -0.3 is 5.32 Å². The van der Waals surface area contributed by atoms with Gasteiger partial charge >= 0.3 is 0 Å². The Morgan fingerprint density at radius 3 is 3.10 bits per heavy atom. The number of rotatable bonds is 2. The summed E-state index contributed by atoms with van der Waals surface area (Å²) >= 11 is 2.87. The molecule has 1 aliphatic heterocycles. The van der Waals surface area contributed by atoms with Crippen LogP contribution in [0.2, 0.25) is 0 Å². The molecular weight excluding hydrogens is 296 g/mol. The summed E-state index contributed by atoms with van der Waals surface area (Å²) in [6, 6.07) is 1.41. The number of carbonyl (C=O) groups excluding carboxylic acids is 1. The van der Waals surface area contributed by atoms with Crippen molar-refractivity contribution in [1.82, 2.24) is 14.5 Å². The van der Waals surface area contributed by atoms with Gasteiger partial charge in [-0.05, 0) is 6.92 Å². The van der Waals surface area contributed by atoms with Crippen LogP contribution in [0.4, 0.5) is 5.13 Å². The third-order valence-electron chi connectivity index (χ3n) is 2.94. The molecule has 0 aromatic carbocycles. The summed E-state index contributed by atoms with van der Waals surface area (Å²) in [5, 5.41) is 4.07. The van der Waals surface area contributed by atoms with Crippen molar-refractivity contribution in [2.75, 3.05) is 11.1 Å². The Morgan fingerprint density at radius 1 is 1.50 bits per heavy atom. The van der Waals surface area contributed by atoms with Gasteiger partial charge in [-0.15, -0.1) is 11.3 Å². The zero-order chi connectivity index (χ0) is 14.1. The highest BCUT2D eigenvalue weighted by atomic mass is 32.2. The molecule has 3 rings (SSSR count). The molecule has 0 aliphatic carbocycles. The first-order valence-corrected chi connectivity index (χ1v) is 7.85. The van der Waals surface area contributed by atoms with E-state index in [0.717, 1.165) is 4.88 Å². The van der Waals surface area contributed by atoms with Gasteiger partial charge in [-0.3, -0.25) is 14.2 Å². The Morgan fingerprint density at radius 2 is 2.35 bits per heavy atom. The molecule has 0 radical (unpaired) electrons. The maximum atomic E-state index is 12.2. The molecular formula is C12H12N4O2S2. The van der Waals surface area contributed by atoms with Crippen LogP contribution < -0.4 is 10.9 Å². The van der Waals surface area contributed by atoms with E-state index in [9.17, 15) is 9.59 Å². The Kier molecular flexibility index (Phi) is 3.58. The van der Waals surface area contributed by atoms with Crippen LogP contribution in [0.5, 0.6) is 0 Å². The lowest BCUT2D eigenvalue weighted by atomic mass is 10.1. The summed E-state index contributed by atoms with van der Waals surface area (Å²) < 4.78 is 1.55. The molecule has 20 heavy (non-hydrogen) atoms. The predicted octanol–water partition coefficient (Wildman–Crippen LogP) is 1.37. The highest BCUT2D eigenvalue weighted by Gasteiger charge is 2.26. The van der Waals surface area contributed by atoms with Crippen molar-refractivity contribution in [2.45, 2.75) is 18.6 Å². The van der Waals surface area contributed by atoms with Gasteiger partial charge in [0.25, 0.3) is 5.56 Å². The average molecular weight is 308 g/mol. The monoisotopic (exact) mass is 308 g/mol. The second kappa shape index (κ2) is 5.37. The zero-order valence-corrected chi connectivity index (χ0v) is 12.3. The maximum absolute atomic E-state index is 12.2. The molecule has 1 amide bonds. The number of amides is 1. The van der Waals surface area contributed by atoms with E-state index in [-0.39, 0.29) is 17.4 Å². The smallest absolute Gasteiger partial charge is 0.254 e. The molecule has 0 bridgehead atoms. The van der Waals surface area contributed by atoms with Crippen molar-refractivity contribution in [2.24, 2.45) is 5.92 Å². The summed E-state index contributed by atoms with van der Waals surface area (Å²) in [6.07, 6.45) is 3.22. The normalized spacial score (nSPS) is 17.6. The van der Waals surface area contributed by atoms with Crippen LogP contribution in [-0.4, -0.2) is 26.2 Å². The van der Waals surface area contributed by atoms with Crippen LogP contribution in [0.25, 0.3) is 0 Å². The Hall–Kier alpha value is -1.67. The number of hydrogen-bond acceptors (Lipinski definition) is 6. The molecule has 0 fully saturated rings. The molecule has 1 atom stereocenters. The molecule has 0 saturated carbocycles. The average Bonchev–Trinajstić information content (AvgIpc) is 2.84. The van der Waals surface area contributed by atoms with Crippen molar-refractivity contribution in [1.29, 1.82) is 0 Å². The Labute approximate surface area is 123 Å². The van der Waals surface area contributed by atoms with Gasteiger partial charge in [-0.1, -0.05) is 11.8 Å². The molecule has 6 nitrogen and oxygen atoms in total. The van der Waals surface area contributed by atoms with E-state index < -0.39 is 0 Å². The van der Waals surface area contributed by atoms with E-state index in [1.54, 1.807) is 10.8 Å². The number of thiazole rings is 1. The number of aromatic nitrogens is 3. The number of nitrogens with one attached hydrogen (secondary N) is 1. The molecule has 2 aromatic rings. The highest BCUT2D eigenvalue weighted by Crippen LogP contribution is 2.26. The van der Waals surface area contributed by atoms with Crippen molar-refractivity contribution >= 4 is 34.1 Å². The molecule has 3 heterocycles. The molecule has 2 aromatic heterocycles. The van der Waals surface area contributed by atoms with Crippen LogP contribution in [0.3, 0.4) is 0 Å². The van der Waals surface area contributed by atoms with Gasteiger partial charge in [0.05, 0.1) is 5.92 Å². The first kappa shape index (κ1) is 13.3. The molecule has 1 N–H and O–H groups in total. The molecule has 8 heteroatoms. The van der Waals surface area contributed by atoms with Gasteiger partial charge in [0.1, 0.15) is 0 Å². The SMILES string of the molecule is Cc1cnc(NC(=O)C2CSc3nccc(=O)n3C2)s1. The first-order chi connectivity index (χ1) is 9.63. The van der Waals surface area contributed by atoms with Gasteiger partial charge in [-0.25, -0.2) is 9.97 Å². The van der Waals surface area contributed by atoms with Crippen LogP contribution in [0.1, 0.15) is 4.88 Å². The molecule has 1 unspecified atom stereocenters. The largest absolute Gasteiger partial charge is 0.302 e. The lowest BCUT2D eigenvalue weighted by molar-refractivity contribution is -0.119. The fourth-order valence-electron chi connectivity index (χ4n) is 1.93. The highest BCUT2D eigenvalue weighted by molar-refractivity contribution is 7.99. The quantitative estimate of drug-likeness (QED) is 0.848. The summed E-state index contributed by atoms with van der Waals surface area (Å²) in [5.41, 5.74) is -0.120. The number of hydrogen-bond donors (Lipinski definition) is 1. The van der Waals surface area contributed by atoms with Gasteiger partial charge in [0, 0.05) is 35.6 Å². The summed E-state index contributed by atoms with van der Waals surface area (Å²) in [6.45, 7) is 2.30. The lowest BCUT2D eigenvalue weighted by Crippen LogP contribution is -2.36. The number of thioether (sulfide) groups is 1. The topological polar surface area (TPSA) is 76.9 Å². The first-order valence-electron chi connectivity index (χ1n) is 6.05. The summed E-state index contributed by atoms with van der Waals surface area (Å²) in [4.78, 5) is 33.3. The third-order valence-corrected chi connectivity index (χ3v) is 4.92. The predicted molar refractivity (Wildman–Crippen MR) is 78.2 cm³/mol. The number of fused-ring (bicyclic) bond motifs is 1.